The van der Waals surface area contributed by atoms with Gasteiger partial charge in [0.05, 0.1) is 5.70 Å². The molecule has 0 aromatic carbocycles. The van der Waals surface area contributed by atoms with Gasteiger partial charge in [-0.05, 0) is 19.8 Å². The Balaban J connectivity index is 2.24. The van der Waals surface area contributed by atoms with E-state index >= 15 is 0 Å². The van der Waals surface area contributed by atoms with Gasteiger partial charge in [0.25, 0.3) is 0 Å². The summed E-state index contributed by atoms with van der Waals surface area (Å²) in [6.45, 7) is 3.21. The van der Waals surface area contributed by atoms with Crippen LogP contribution in [0.15, 0.2) is 11.5 Å². The molecule has 1 fully saturated rings. The van der Waals surface area contributed by atoms with Gasteiger partial charge in [-0.3, -0.25) is 4.79 Å². The van der Waals surface area contributed by atoms with Gasteiger partial charge in [-0.2, -0.15) is 0 Å². The number of nitrogens with zero attached hydrogens (tertiary/aromatic N) is 1. The van der Waals surface area contributed by atoms with Crippen molar-refractivity contribution in [2.45, 2.75) is 31.8 Å². The summed E-state index contributed by atoms with van der Waals surface area (Å²) in [6, 6.07) is 0. The molecule has 1 aliphatic heterocycles. The minimum Gasteiger partial charge on any atom is -0.503 e. The first kappa shape index (κ1) is 9.52. The first-order valence-corrected chi connectivity index (χ1v) is 4.96. The van der Waals surface area contributed by atoms with E-state index in [2.05, 4.69) is 0 Å². The number of aliphatic hydroxyl groups excluding tert-OH is 1. The summed E-state index contributed by atoms with van der Waals surface area (Å²) in [5.41, 5.74) is -0.778. The lowest BCUT2D eigenvalue weighted by molar-refractivity contribution is -0.132. The molecule has 0 aromatic heterocycles. The normalized spacial score (nSPS) is 33.3. The van der Waals surface area contributed by atoms with E-state index in [9.17, 15) is 15.0 Å². The van der Waals surface area contributed by atoms with Crippen LogP contribution in [0.4, 0.5) is 0 Å². The van der Waals surface area contributed by atoms with Crippen LogP contribution in [0, 0.1) is 0 Å². The molecule has 0 aromatic rings. The van der Waals surface area contributed by atoms with E-state index in [1.165, 1.54) is 6.92 Å². The number of hydrogen-bond acceptors (Lipinski definition) is 4. The van der Waals surface area contributed by atoms with E-state index < -0.39 is 11.4 Å². The Morgan fingerprint density at radius 2 is 1.93 bits per heavy atom. The second-order valence-corrected chi connectivity index (χ2v) is 4.27. The lowest BCUT2D eigenvalue weighted by Crippen LogP contribution is -2.31. The highest BCUT2D eigenvalue weighted by Gasteiger charge is 2.44. The van der Waals surface area contributed by atoms with Crippen LogP contribution in [0.25, 0.3) is 0 Å². The van der Waals surface area contributed by atoms with Crippen molar-refractivity contribution in [3.05, 3.63) is 11.5 Å². The number of likely N-dealkylation sites (tertiary alicyclic amines) is 1. The lowest BCUT2D eigenvalue weighted by Gasteiger charge is -2.20. The van der Waals surface area contributed by atoms with Crippen LogP contribution >= 0.6 is 0 Å². The highest BCUT2D eigenvalue weighted by Crippen LogP contribution is 2.33. The second-order valence-electron chi connectivity index (χ2n) is 4.27. The van der Waals surface area contributed by atoms with Crippen molar-refractivity contribution in [1.82, 2.24) is 4.90 Å². The fraction of sp³-hybridized carbons (Fsp3) is 0.700. The molecule has 1 heterocycles. The Morgan fingerprint density at radius 1 is 1.36 bits per heavy atom. The number of ketones is 1. The number of carbonyl (C=O) groups is 1. The van der Waals surface area contributed by atoms with Crippen molar-refractivity contribution < 1.29 is 15.0 Å². The average Bonchev–Trinajstić information content (AvgIpc) is 2.69. The van der Waals surface area contributed by atoms with Gasteiger partial charge in [0.1, 0.15) is 5.60 Å². The molecule has 0 radical (unpaired) electrons. The molecule has 0 saturated carbocycles. The van der Waals surface area contributed by atoms with Crippen molar-refractivity contribution >= 4 is 5.78 Å². The van der Waals surface area contributed by atoms with E-state index in [1.807, 2.05) is 4.90 Å². The molecule has 2 aliphatic rings. The Morgan fingerprint density at radius 3 is 2.36 bits per heavy atom. The molecule has 1 atom stereocenters. The number of aliphatic hydroxyl groups is 2. The molecule has 2 N–H and O–H groups in total. The standard InChI is InChI=1S/C10H15NO3/c1-10(14)6-7(8(12)9(10)13)11-4-2-3-5-11/h12,14H,2-6H2,1H3. The number of carbonyl (C=O) groups excluding carboxylic acids is 1. The van der Waals surface area contributed by atoms with E-state index in [0.29, 0.717) is 5.70 Å². The summed E-state index contributed by atoms with van der Waals surface area (Å²) in [7, 11) is 0. The van der Waals surface area contributed by atoms with Crippen LogP contribution < -0.4 is 0 Å². The third-order valence-corrected chi connectivity index (χ3v) is 2.98. The molecule has 14 heavy (non-hydrogen) atoms. The minimum atomic E-state index is -1.40. The lowest BCUT2D eigenvalue weighted by atomic mass is 10.0. The van der Waals surface area contributed by atoms with Crippen LogP contribution in [0.1, 0.15) is 26.2 Å². The van der Waals surface area contributed by atoms with E-state index in [-0.39, 0.29) is 12.2 Å². The molecule has 1 saturated heterocycles. The Labute approximate surface area is 82.8 Å². The average molecular weight is 197 g/mol. The molecule has 0 amide bonds. The van der Waals surface area contributed by atoms with Crippen LogP contribution in [0.2, 0.25) is 0 Å². The fourth-order valence-corrected chi connectivity index (χ4v) is 2.12. The molecule has 4 nitrogen and oxygen atoms in total. The first-order valence-electron chi connectivity index (χ1n) is 4.96. The van der Waals surface area contributed by atoms with Crippen LogP contribution in [-0.4, -0.2) is 39.6 Å². The molecular formula is C10H15NO3. The van der Waals surface area contributed by atoms with Crippen molar-refractivity contribution in [1.29, 1.82) is 0 Å². The predicted molar refractivity (Wildman–Crippen MR) is 50.7 cm³/mol. The molecule has 1 aliphatic carbocycles. The van der Waals surface area contributed by atoms with Gasteiger partial charge < -0.3 is 15.1 Å². The monoisotopic (exact) mass is 197 g/mol. The summed E-state index contributed by atoms with van der Waals surface area (Å²) in [5.74, 6) is -0.781. The number of Topliss-reactive ketones (excluding diaryl/α,β-unsaturated/α-hetero) is 1. The molecular weight excluding hydrogens is 182 g/mol. The second kappa shape index (κ2) is 2.98. The summed E-state index contributed by atoms with van der Waals surface area (Å²) in [4.78, 5) is 13.4. The highest BCUT2D eigenvalue weighted by atomic mass is 16.3. The topological polar surface area (TPSA) is 60.8 Å². The molecule has 1 unspecified atom stereocenters. The zero-order valence-corrected chi connectivity index (χ0v) is 8.29. The van der Waals surface area contributed by atoms with Crippen LogP contribution in [-0.2, 0) is 4.79 Å². The Kier molecular flexibility index (Phi) is 2.03. The van der Waals surface area contributed by atoms with Crippen LogP contribution in [0.5, 0.6) is 0 Å². The van der Waals surface area contributed by atoms with Gasteiger partial charge in [0, 0.05) is 19.5 Å². The molecule has 4 heteroatoms. The zero-order valence-electron chi connectivity index (χ0n) is 8.29. The molecule has 78 valence electrons. The number of rotatable bonds is 1. The summed E-state index contributed by atoms with van der Waals surface area (Å²) in [5, 5.41) is 19.3. The minimum absolute atomic E-state index is 0.239. The summed E-state index contributed by atoms with van der Waals surface area (Å²) in [6.07, 6.45) is 2.43. The predicted octanol–water partition coefficient (Wildman–Crippen LogP) is 0.576. The van der Waals surface area contributed by atoms with E-state index in [4.69, 9.17) is 0 Å². The maximum Gasteiger partial charge on any atom is 0.230 e. The van der Waals surface area contributed by atoms with Gasteiger partial charge in [0.2, 0.25) is 5.78 Å². The molecule has 2 rings (SSSR count). The maximum absolute atomic E-state index is 11.4. The number of hydrogen-bond donors (Lipinski definition) is 2. The molecule has 0 spiro atoms. The van der Waals surface area contributed by atoms with Crippen molar-refractivity contribution in [2.75, 3.05) is 13.1 Å². The SMILES string of the molecule is CC1(O)CC(N2CCCC2)=C(O)C1=O. The summed E-state index contributed by atoms with van der Waals surface area (Å²) < 4.78 is 0. The highest BCUT2D eigenvalue weighted by molar-refractivity contribution is 6.02. The van der Waals surface area contributed by atoms with Crippen molar-refractivity contribution in [3.63, 3.8) is 0 Å². The van der Waals surface area contributed by atoms with Gasteiger partial charge >= 0.3 is 0 Å². The van der Waals surface area contributed by atoms with E-state index in [1.54, 1.807) is 0 Å². The fourth-order valence-electron chi connectivity index (χ4n) is 2.12. The molecule has 0 bridgehead atoms. The van der Waals surface area contributed by atoms with Gasteiger partial charge in [-0.25, -0.2) is 0 Å². The Bertz CT molecular complexity index is 300. The quantitative estimate of drug-likeness (QED) is 0.645. The maximum atomic E-state index is 11.4. The van der Waals surface area contributed by atoms with Gasteiger partial charge in [0.15, 0.2) is 5.76 Å². The Hall–Kier alpha value is -1.03. The zero-order chi connectivity index (χ0) is 10.3. The van der Waals surface area contributed by atoms with Gasteiger partial charge in [-0.15, -0.1) is 0 Å². The van der Waals surface area contributed by atoms with Crippen LogP contribution in [0.3, 0.4) is 0 Å². The van der Waals surface area contributed by atoms with Gasteiger partial charge in [-0.1, -0.05) is 0 Å². The van der Waals surface area contributed by atoms with E-state index in [0.717, 1.165) is 25.9 Å². The van der Waals surface area contributed by atoms with Crippen molar-refractivity contribution in [3.8, 4) is 0 Å². The largest absolute Gasteiger partial charge is 0.503 e. The first-order chi connectivity index (χ1) is 6.52. The smallest absolute Gasteiger partial charge is 0.230 e. The van der Waals surface area contributed by atoms with Crippen molar-refractivity contribution in [2.24, 2.45) is 0 Å². The summed E-state index contributed by atoms with van der Waals surface area (Å²) >= 11 is 0. The third kappa shape index (κ3) is 1.30. The third-order valence-electron chi connectivity index (χ3n) is 2.98.